The van der Waals surface area contributed by atoms with Gasteiger partial charge in [0.15, 0.2) is 10.8 Å². The van der Waals surface area contributed by atoms with Crippen LogP contribution in [0.15, 0.2) is 11.6 Å². The number of nitrogens with one attached hydrogen (secondary N) is 1. The highest BCUT2D eigenvalue weighted by Gasteiger charge is 2.17. The van der Waals surface area contributed by atoms with Crippen molar-refractivity contribution in [2.24, 2.45) is 0 Å². The van der Waals surface area contributed by atoms with Gasteiger partial charge in [0.1, 0.15) is 0 Å². The first-order valence-electron chi connectivity index (χ1n) is 7.20. The summed E-state index contributed by atoms with van der Waals surface area (Å²) in [4.78, 5) is 8.22. The number of hydrogen-bond donors (Lipinski definition) is 1. The predicted molar refractivity (Wildman–Crippen MR) is 84.8 cm³/mol. The van der Waals surface area contributed by atoms with Crippen molar-refractivity contribution >= 4 is 22.1 Å². The molecular formula is C14H24N4OS. The monoisotopic (exact) mass is 296 g/mol. The smallest absolute Gasteiger partial charge is 0.195 e. The number of hydrogen-bond acceptors (Lipinski definition) is 5. The van der Waals surface area contributed by atoms with Crippen LogP contribution >= 0.6 is 11.3 Å². The Labute approximate surface area is 124 Å². The van der Waals surface area contributed by atoms with Crippen LogP contribution in [-0.2, 0) is 11.3 Å². The van der Waals surface area contributed by atoms with Gasteiger partial charge in [-0.25, -0.2) is 4.98 Å². The normalized spacial score (nSPS) is 11.3. The van der Waals surface area contributed by atoms with E-state index in [0.717, 1.165) is 50.0 Å². The molecule has 20 heavy (non-hydrogen) atoms. The lowest BCUT2D eigenvalue weighted by molar-refractivity contribution is 0.199. The number of imidazole rings is 1. The number of rotatable bonds is 9. The molecule has 2 rings (SSSR count). The summed E-state index contributed by atoms with van der Waals surface area (Å²) < 4.78 is 7.27. The highest BCUT2D eigenvalue weighted by atomic mass is 32.1. The highest BCUT2D eigenvalue weighted by molar-refractivity contribution is 7.15. The summed E-state index contributed by atoms with van der Waals surface area (Å²) in [5.41, 5.74) is 1.24. The van der Waals surface area contributed by atoms with Gasteiger partial charge in [-0.3, -0.25) is 4.40 Å². The molecule has 112 valence electrons. The molecule has 0 fully saturated rings. The molecule has 2 heterocycles. The maximum Gasteiger partial charge on any atom is 0.195 e. The topological polar surface area (TPSA) is 41.8 Å². The minimum absolute atomic E-state index is 0.730. The minimum Gasteiger partial charge on any atom is -0.383 e. The van der Waals surface area contributed by atoms with Crippen molar-refractivity contribution in [3.05, 3.63) is 17.3 Å². The van der Waals surface area contributed by atoms with Gasteiger partial charge in [0.05, 0.1) is 12.3 Å². The van der Waals surface area contributed by atoms with E-state index in [1.54, 1.807) is 18.4 Å². The predicted octanol–water partition coefficient (Wildman–Crippen LogP) is 2.37. The largest absolute Gasteiger partial charge is 0.383 e. The number of thiazole rings is 1. The van der Waals surface area contributed by atoms with Crippen molar-refractivity contribution in [3.63, 3.8) is 0 Å². The third-order valence-corrected chi connectivity index (χ3v) is 4.05. The first kappa shape index (κ1) is 15.3. The summed E-state index contributed by atoms with van der Waals surface area (Å²) in [7, 11) is 1.73. The van der Waals surface area contributed by atoms with E-state index in [1.807, 2.05) is 0 Å². The second-order valence-electron chi connectivity index (χ2n) is 4.69. The maximum atomic E-state index is 5.08. The van der Waals surface area contributed by atoms with Crippen molar-refractivity contribution in [1.82, 2.24) is 14.7 Å². The van der Waals surface area contributed by atoms with Crippen LogP contribution in [0.2, 0.25) is 0 Å². The Morgan fingerprint density at radius 2 is 2.30 bits per heavy atom. The SMILES string of the molecule is CCCN(CC)c1nc2sccn2c1CNCCOC. The fourth-order valence-corrected chi connectivity index (χ4v) is 3.03. The molecule has 0 aliphatic heterocycles. The average molecular weight is 296 g/mol. The van der Waals surface area contributed by atoms with E-state index in [0.29, 0.717) is 0 Å². The molecule has 0 bridgehead atoms. The zero-order chi connectivity index (χ0) is 14.4. The molecule has 0 unspecified atom stereocenters. The summed E-state index contributed by atoms with van der Waals surface area (Å²) in [5, 5.41) is 5.51. The Morgan fingerprint density at radius 3 is 3.00 bits per heavy atom. The van der Waals surface area contributed by atoms with Crippen LogP contribution in [0.5, 0.6) is 0 Å². The summed E-state index contributed by atoms with van der Waals surface area (Å²) in [5.74, 6) is 1.12. The summed E-state index contributed by atoms with van der Waals surface area (Å²) in [6, 6.07) is 0. The first-order valence-corrected chi connectivity index (χ1v) is 8.08. The van der Waals surface area contributed by atoms with Gasteiger partial charge < -0.3 is 15.0 Å². The second kappa shape index (κ2) is 7.61. The zero-order valence-corrected chi connectivity index (χ0v) is 13.4. The van der Waals surface area contributed by atoms with E-state index < -0.39 is 0 Å². The lowest BCUT2D eigenvalue weighted by Gasteiger charge is -2.21. The summed E-state index contributed by atoms with van der Waals surface area (Å²) in [6.07, 6.45) is 3.24. The first-order chi connectivity index (χ1) is 9.81. The molecule has 2 aromatic heterocycles. The minimum atomic E-state index is 0.730. The molecule has 0 aliphatic rings. The summed E-state index contributed by atoms with van der Waals surface area (Å²) >= 11 is 1.68. The quantitative estimate of drug-likeness (QED) is 0.721. The molecule has 6 heteroatoms. The van der Waals surface area contributed by atoms with Crippen LogP contribution in [0.4, 0.5) is 5.82 Å². The lowest BCUT2D eigenvalue weighted by Crippen LogP contribution is -2.27. The molecule has 2 aromatic rings. The zero-order valence-electron chi connectivity index (χ0n) is 12.6. The van der Waals surface area contributed by atoms with E-state index in [9.17, 15) is 0 Å². The Kier molecular flexibility index (Phi) is 5.82. The van der Waals surface area contributed by atoms with Crippen molar-refractivity contribution < 1.29 is 4.74 Å². The molecule has 0 amide bonds. The standard InChI is InChI=1S/C14H24N4OS/c1-4-7-17(5-2)13-12(11-15-6-9-19-3)18-8-10-20-14(18)16-13/h8,10,15H,4-7,9,11H2,1-3H3. The van der Waals surface area contributed by atoms with Crippen LogP contribution in [0.1, 0.15) is 26.0 Å². The average Bonchev–Trinajstić information content (AvgIpc) is 3.02. The molecule has 0 spiro atoms. The van der Waals surface area contributed by atoms with Crippen molar-refractivity contribution in [1.29, 1.82) is 0 Å². The number of ether oxygens (including phenoxy) is 1. The van der Waals surface area contributed by atoms with Crippen LogP contribution in [0.3, 0.4) is 0 Å². The number of anilines is 1. The van der Waals surface area contributed by atoms with Gasteiger partial charge in [0.2, 0.25) is 0 Å². The molecule has 0 saturated carbocycles. The third-order valence-electron chi connectivity index (χ3n) is 3.29. The summed E-state index contributed by atoms with van der Waals surface area (Å²) in [6.45, 7) is 8.83. The second-order valence-corrected chi connectivity index (χ2v) is 5.56. The lowest BCUT2D eigenvalue weighted by atomic mass is 10.3. The van der Waals surface area contributed by atoms with Gasteiger partial charge in [0, 0.05) is 44.9 Å². The number of nitrogens with zero attached hydrogens (tertiary/aromatic N) is 3. The number of aromatic nitrogens is 2. The van der Waals surface area contributed by atoms with Crippen molar-refractivity contribution in [2.75, 3.05) is 38.3 Å². The maximum absolute atomic E-state index is 5.08. The van der Waals surface area contributed by atoms with Gasteiger partial charge in [-0.2, -0.15) is 0 Å². The van der Waals surface area contributed by atoms with E-state index >= 15 is 0 Å². The van der Waals surface area contributed by atoms with Gasteiger partial charge >= 0.3 is 0 Å². The fraction of sp³-hybridized carbons (Fsp3) is 0.643. The fourth-order valence-electron chi connectivity index (χ4n) is 2.30. The van der Waals surface area contributed by atoms with Crippen LogP contribution in [-0.4, -0.2) is 42.7 Å². The molecule has 1 N–H and O–H groups in total. The molecule has 0 aromatic carbocycles. The molecule has 0 saturated heterocycles. The van der Waals surface area contributed by atoms with Crippen LogP contribution < -0.4 is 10.2 Å². The van der Waals surface area contributed by atoms with Gasteiger partial charge in [-0.1, -0.05) is 6.92 Å². The van der Waals surface area contributed by atoms with Crippen LogP contribution in [0.25, 0.3) is 4.96 Å². The highest BCUT2D eigenvalue weighted by Crippen LogP contribution is 2.24. The number of methoxy groups -OCH3 is 1. The van der Waals surface area contributed by atoms with Gasteiger partial charge in [-0.15, -0.1) is 11.3 Å². The van der Waals surface area contributed by atoms with E-state index in [2.05, 4.69) is 40.0 Å². The molecule has 0 aliphatic carbocycles. The molecule has 0 radical (unpaired) electrons. The van der Waals surface area contributed by atoms with Crippen molar-refractivity contribution in [3.8, 4) is 0 Å². The Morgan fingerprint density at radius 1 is 1.45 bits per heavy atom. The Bertz CT molecular complexity index is 522. The molecule has 0 atom stereocenters. The molecule has 5 nitrogen and oxygen atoms in total. The van der Waals surface area contributed by atoms with Crippen molar-refractivity contribution in [2.45, 2.75) is 26.8 Å². The van der Waals surface area contributed by atoms with E-state index in [1.165, 1.54) is 5.69 Å². The van der Waals surface area contributed by atoms with Gasteiger partial charge in [-0.05, 0) is 13.3 Å². The van der Waals surface area contributed by atoms with E-state index in [4.69, 9.17) is 9.72 Å². The third kappa shape index (κ3) is 3.31. The molecular weight excluding hydrogens is 272 g/mol. The Balaban J connectivity index is 2.20. The van der Waals surface area contributed by atoms with Crippen LogP contribution in [0, 0.1) is 0 Å². The van der Waals surface area contributed by atoms with E-state index in [-0.39, 0.29) is 0 Å². The Hall–Kier alpha value is -1.11. The van der Waals surface area contributed by atoms with Gasteiger partial charge in [0.25, 0.3) is 0 Å². The number of fused-ring (bicyclic) bond motifs is 1.